The minimum Gasteiger partial charge on any atom is -0.326 e. The summed E-state index contributed by atoms with van der Waals surface area (Å²) in [6, 6.07) is 18.2. The lowest BCUT2D eigenvalue weighted by molar-refractivity contribution is -0.117. The van der Waals surface area contributed by atoms with Crippen LogP contribution in [0.5, 0.6) is 0 Å². The van der Waals surface area contributed by atoms with Crippen molar-refractivity contribution in [3.8, 4) is 0 Å². The van der Waals surface area contributed by atoms with Crippen LogP contribution in [0.3, 0.4) is 0 Å². The van der Waals surface area contributed by atoms with Gasteiger partial charge in [-0.25, -0.2) is 4.39 Å². The molecule has 3 aromatic rings. The molecule has 0 saturated carbocycles. The first-order valence-electron chi connectivity index (χ1n) is 8.98. The van der Waals surface area contributed by atoms with E-state index in [1.165, 1.54) is 11.0 Å². The van der Waals surface area contributed by atoms with Crippen LogP contribution in [0.25, 0.3) is 10.8 Å². The summed E-state index contributed by atoms with van der Waals surface area (Å²) in [5.74, 6) is -0.786. The largest absolute Gasteiger partial charge is 0.326 e. The van der Waals surface area contributed by atoms with Crippen LogP contribution in [0.15, 0.2) is 60.7 Å². The van der Waals surface area contributed by atoms with Crippen LogP contribution in [-0.4, -0.2) is 18.4 Å². The van der Waals surface area contributed by atoms with E-state index in [0.29, 0.717) is 18.7 Å². The number of nitrogens with one attached hydrogen (secondary N) is 1. The van der Waals surface area contributed by atoms with Gasteiger partial charge in [0.25, 0.3) is 0 Å². The number of hydrogen-bond acceptors (Lipinski definition) is 2. The van der Waals surface area contributed by atoms with E-state index in [1.54, 1.807) is 12.1 Å². The monoisotopic (exact) mass is 362 g/mol. The minimum atomic E-state index is -0.506. The van der Waals surface area contributed by atoms with Crippen molar-refractivity contribution < 1.29 is 14.0 Å². The third-order valence-corrected chi connectivity index (χ3v) is 4.83. The lowest BCUT2D eigenvalue weighted by Gasteiger charge is -2.17. The summed E-state index contributed by atoms with van der Waals surface area (Å²) >= 11 is 0. The zero-order valence-electron chi connectivity index (χ0n) is 14.7. The average molecular weight is 362 g/mol. The van der Waals surface area contributed by atoms with E-state index in [2.05, 4.69) is 5.32 Å². The number of halogens is 1. The van der Waals surface area contributed by atoms with Crippen molar-refractivity contribution in [2.45, 2.75) is 19.3 Å². The Kier molecular flexibility index (Phi) is 4.59. The highest BCUT2D eigenvalue weighted by atomic mass is 19.1. The average Bonchev–Trinajstić information content (AvgIpc) is 3.08. The lowest BCUT2D eigenvalue weighted by atomic mass is 10.0. The molecule has 1 aliphatic rings. The highest BCUT2D eigenvalue weighted by molar-refractivity contribution is 5.98. The normalized spacial score (nSPS) is 14.0. The zero-order valence-corrected chi connectivity index (χ0v) is 14.7. The molecule has 1 saturated heterocycles. The maximum absolute atomic E-state index is 14.4. The SMILES string of the molecule is O=C(Cc1cccc2ccccc12)Nc1ccc(N2CCCC2=O)c(F)c1. The molecule has 0 radical (unpaired) electrons. The summed E-state index contributed by atoms with van der Waals surface area (Å²) in [6.45, 7) is 0.530. The van der Waals surface area contributed by atoms with Crippen LogP contribution in [0.2, 0.25) is 0 Å². The van der Waals surface area contributed by atoms with Crippen LogP contribution in [0.1, 0.15) is 18.4 Å². The fourth-order valence-electron chi connectivity index (χ4n) is 3.53. The molecule has 1 fully saturated rings. The van der Waals surface area contributed by atoms with Crippen molar-refractivity contribution in [3.05, 3.63) is 72.0 Å². The van der Waals surface area contributed by atoms with E-state index >= 15 is 0 Å². The molecule has 1 N–H and O–H groups in total. The zero-order chi connectivity index (χ0) is 18.8. The van der Waals surface area contributed by atoms with E-state index in [-0.39, 0.29) is 23.9 Å². The molecule has 4 nitrogen and oxygen atoms in total. The number of fused-ring (bicyclic) bond motifs is 1. The standard InChI is InChI=1S/C22H19FN2O2/c23-19-14-17(10-11-20(19)25-12-4-9-22(25)27)24-21(26)13-16-7-3-6-15-5-1-2-8-18(15)16/h1-3,5-8,10-11,14H,4,9,12-13H2,(H,24,26). The molecule has 0 aliphatic carbocycles. The van der Waals surface area contributed by atoms with Crippen molar-refractivity contribution in [2.75, 3.05) is 16.8 Å². The van der Waals surface area contributed by atoms with Gasteiger partial charge in [0.1, 0.15) is 5.82 Å². The summed E-state index contributed by atoms with van der Waals surface area (Å²) in [4.78, 5) is 25.7. The van der Waals surface area contributed by atoms with Gasteiger partial charge < -0.3 is 10.2 Å². The number of carbonyl (C=O) groups is 2. The van der Waals surface area contributed by atoms with E-state index in [9.17, 15) is 14.0 Å². The summed E-state index contributed by atoms with van der Waals surface area (Å²) in [5, 5.41) is 4.85. The summed E-state index contributed by atoms with van der Waals surface area (Å²) in [6.07, 6.45) is 1.39. The molecule has 3 aromatic carbocycles. The summed E-state index contributed by atoms with van der Waals surface area (Å²) in [5.41, 5.74) is 1.57. The second kappa shape index (κ2) is 7.19. The first kappa shape index (κ1) is 17.2. The van der Waals surface area contributed by atoms with Gasteiger partial charge in [0.2, 0.25) is 11.8 Å². The van der Waals surface area contributed by atoms with Crippen molar-refractivity contribution >= 4 is 34.0 Å². The Hall–Kier alpha value is -3.21. The number of rotatable bonds is 4. The van der Waals surface area contributed by atoms with E-state index in [1.807, 2.05) is 42.5 Å². The Labute approximate surface area is 156 Å². The smallest absolute Gasteiger partial charge is 0.228 e. The van der Waals surface area contributed by atoms with Crippen LogP contribution in [0.4, 0.5) is 15.8 Å². The van der Waals surface area contributed by atoms with Gasteiger partial charge in [-0.15, -0.1) is 0 Å². The molecule has 27 heavy (non-hydrogen) atoms. The quantitative estimate of drug-likeness (QED) is 0.753. The minimum absolute atomic E-state index is 0.0679. The highest BCUT2D eigenvalue weighted by Gasteiger charge is 2.24. The molecular weight excluding hydrogens is 343 g/mol. The molecule has 0 aromatic heterocycles. The van der Waals surface area contributed by atoms with E-state index < -0.39 is 5.82 Å². The summed E-state index contributed by atoms with van der Waals surface area (Å²) in [7, 11) is 0. The Bertz CT molecular complexity index is 1030. The fourth-order valence-corrected chi connectivity index (χ4v) is 3.53. The van der Waals surface area contributed by atoms with Crippen molar-refractivity contribution in [3.63, 3.8) is 0 Å². The van der Waals surface area contributed by atoms with E-state index in [0.717, 1.165) is 22.8 Å². The van der Waals surface area contributed by atoms with Gasteiger partial charge in [0.05, 0.1) is 12.1 Å². The van der Waals surface area contributed by atoms with Gasteiger partial charge in [-0.2, -0.15) is 0 Å². The van der Waals surface area contributed by atoms with Gasteiger partial charge in [0, 0.05) is 18.7 Å². The number of benzene rings is 3. The van der Waals surface area contributed by atoms with Crippen LogP contribution in [0, 0.1) is 5.82 Å². The van der Waals surface area contributed by atoms with Crippen LogP contribution < -0.4 is 10.2 Å². The first-order chi connectivity index (χ1) is 13.1. The molecule has 0 bridgehead atoms. The third kappa shape index (κ3) is 3.53. The van der Waals surface area contributed by atoms with Gasteiger partial charge in [-0.3, -0.25) is 9.59 Å². The Morgan fingerprint density at radius 1 is 1.07 bits per heavy atom. The first-order valence-corrected chi connectivity index (χ1v) is 8.98. The predicted octanol–water partition coefficient (Wildman–Crippen LogP) is 4.29. The molecule has 2 amide bonds. The third-order valence-electron chi connectivity index (χ3n) is 4.83. The second-order valence-corrected chi connectivity index (χ2v) is 6.68. The number of hydrogen-bond donors (Lipinski definition) is 1. The molecule has 1 aliphatic heterocycles. The lowest BCUT2D eigenvalue weighted by Crippen LogP contribution is -2.24. The summed E-state index contributed by atoms with van der Waals surface area (Å²) < 4.78 is 14.4. The number of carbonyl (C=O) groups excluding carboxylic acids is 2. The molecule has 4 rings (SSSR count). The maximum atomic E-state index is 14.4. The molecule has 136 valence electrons. The van der Waals surface area contributed by atoms with E-state index in [4.69, 9.17) is 0 Å². The Morgan fingerprint density at radius 3 is 2.67 bits per heavy atom. The molecule has 0 unspecified atom stereocenters. The fraction of sp³-hybridized carbons (Fsp3) is 0.182. The van der Waals surface area contributed by atoms with Gasteiger partial charge in [0.15, 0.2) is 0 Å². The predicted molar refractivity (Wildman–Crippen MR) is 104 cm³/mol. The topological polar surface area (TPSA) is 49.4 Å². The number of amides is 2. The number of nitrogens with zero attached hydrogens (tertiary/aromatic N) is 1. The highest BCUT2D eigenvalue weighted by Crippen LogP contribution is 2.27. The van der Waals surface area contributed by atoms with Crippen molar-refractivity contribution in [2.24, 2.45) is 0 Å². The van der Waals surface area contributed by atoms with Crippen molar-refractivity contribution in [1.82, 2.24) is 0 Å². The molecule has 0 atom stereocenters. The van der Waals surface area contributed by atoms with Gasteiger partial charge in [-0.1, -0.05) is 42.5 Å². The second-order valence-electron chi connectivity index (χ2n) is 6.68. The Balaban J connectivity index is 1.49. The molecule has 1 heterocycles. The number of anilines is 2. The van der Waals surface area contributed by atoms with Crippen LogP contribution in [-0.2, 0) is 16.0 Å². The molecular formula is C22H19FN2O2. The van der Waals surface area contributed by atoms with Gasteiger partial charge >= 0.3 is 0 Å². The maximum Gasteiger partial charge on any atom is 0.228 e. The van der Waals surface area contributed by atoms with Crippen molar-refractivity contribution in [1.29, 1.82) is 0 Å². The Morgan fingerprint density at radius 2 is 1.89 bits per heavy atom. The van der Waals surface area contributed by atoms with Crippen LogP contribution >= 0.6 is 0 Å². The van der Waals surface area contributed by atoms with Gasteiger partial charge in [-0.05, 0) is 41.0 Å². The molecule has 0 spiro atoms. The molecule has 5 heteroatoms.